The first kappa shape index (κ1) is 11.8. The number of carbonyl (C=O) groups is 1. The van der Waals surface area contributed by atoms with Gasteiger partial charge in [0.1, 0.15) is 10.7 Å². The molecule has 0 aromatic carbocycles. The molecule has 1 amide bonds. The van der Waals surface area contributed by atoms with Crippen LogP contribution in [0.25, 0.3) is 0 Å². The topological polar surface area (TPSA) is 113 Å². The van der Waals surface area contributed by atoms with Crippen molar-refractivity contribution in [1.82, 2.24) is 14.9 Å². The molecule has 2 rings (SSSR count). The molecule has 1 aromatic heterocycles. The third kappa shape index (κ3) is 2.52. The average molecular weight is 255 g/mol. The molecule has 1 aliphatic rings. The number of hydrogen-bond donors (Lipinski definition) is 3. The van der Waals surface area contributed by atoms with Crippen molar-refractivity contribution in [2.75, 3.05) is 0 Å². The fraction of sp³-hybridized carbons (Fsp3) is 0.556. The summed E-state index contributed by atoms with van der Waals surface area (Å²) >= 11 is 1.05. The molecule has 0 radical (unpaired) electrons. The first-order chi connectivity index (χ1) is 8.22. The lowest BCUT2D eigenvalue weighted by Crippen LogP contribution is -2.42. The summed E-state index contributed by atoms with van der Waals surface area (Å²) < 4.78 is 3.63. The lowest BCUT2D eigenvalue weighted by Gasteiger charge is -2.19. The third-order valence-corrected chi connectivity index (χ3v) is 3.58. The molecule has 0 aliphatic heterocycles. The van der Waals surface area contributed by atoms with Crippen LogP contribution >= 0.6 is 11.5 Å². The van der Waals surface area contributed by atoms with Crippen LogP contribution in [0.5, 0.6) is 0 Å². The Balaban J connectivity index is 2.01. The van der Waals surface area contributed by atoms with Crippen LogP contribution in [0.1, 0.15) is 28.9 Å². The van der Waals surface area contributed by atoms with Gasteiger partial charge < -0.3 is 16.3 Å². The minimum Gasteiger partial charge on any atom is -0.409 e. The zero-order chi connectivity index (χ0) is 12.3. The Bertz CT molecular complexity index is 419. The highest BCUT2D eigenvalue weighted by molar-refractivity contribution is 7.07. The quantitative estimate of drug-likeness (QED) is 0.308. The van der Waals surface area contributed by atoms with Gasteiger partial charge in [0.05, 0.1) is 6.20 Å². The van der Waals surface area contributed by atoms with Crippen LogP contribution in [0.15, 0.2) is 11.4 Å². The van der Waals surface area contributed by atoms with Crippen LogP contribution in [0, 0.1) is 5.92 Å². The molecule has 8 heteroatoms. The average Bonchev–Trinajstić information content (AvgIpc) is 2.98. The first-order valence-electron chi connectivity index (χ1n) is 5.28. The Morgan fingerprint density at radius 1 is 1.65 bits per heavy atom. The molecule has 1 aromatic rings. The molecule has 0 saturated heterocycles. The number of hydrogen-bond acceptors (Lipinski definition) is 6. The highest BCUT2D eigenvalue weighted by atomic mass is 32.1. The van der Waals surface area contributed by atoms with E-state index in [1.54, 1.807) is 0 Å². The van der Waals surface area contributed by atoms with E-state index in [-0.39, 0.29) is 23.7 Å². The van der Waals surface area contributed by atoms with Gasteiger partial charge in [-0.3, -0.25) is 4.79 Å². The minimum absolute atomic E-state index is 0.0829. The fourth-order valence-electron chi connectivity index (χ4n) is 2.07. The molecule has 2 atom stereocenters. The minimum atomic E-state index is -0.206. The van der Waals surface area contributed by atoms with E-state index in [0.717, 1.165) is 30.8 Å². The van der Waals surface area contributed by atoms with Crippen molar-refractivity contribution in [2.24, 2.45) is 16.8 Å². The molecule has 92 valence electrons. The van der Waals surface area contributed by atoms with Crippen LogP contribution in [0.3, 0.4) is 0 Å². The zero-order valence-electron chi connectivity index (χ0n) is 9.04. The largest absolute Gasteiger partial charge is 0.409 e. The standard InChI is InChI=1S/C9H13N5O2S/c10-8(13-16)5-2-1-3-6(5)12-9(15)7-4-11-14-17-7/h4-6,16H,1-3H2,(H2,10,13)(H,12,15). The van der Waals surface area contributed by atoms with Gasteiger partial charge in [0.25, 0.3) is 5.91 Å². The maximum absolute atomic E-state index is 11.8. The second-order valence-corrected chi connectivity index (χ2v) is 4.71. The number of oxime groups is 1. The number of rotatable bonds is 3. The number of nitrogens with one attached hydrogen (secondary N) is 1. The van der Waals surface area contributed by atoms with Gasteiger partial charge in [-0.25, -0.2) is 0 Å². The molecule has 1 aliphatic carbocycles. The van der Waals surface area contributed by atoms with Crippen molar-refractivity contribution in [2.45, 2.75) is 25.3 Å². The molecular weight excluding hydrogens is 242 g/mol. The first-order valence-corrected chi connectivity index (χ1v) is 6.05. The Hall–Kier alpha value is -1.70. The summed E-state index contributed by atoms with van der Waals surface area (Å²) in [5.74, 6) is -0.122. The third-order valence-electron chi connectivity index (χ3n) is 2.91. The predicted molar refractivity (Wildman–Crippen MR) is 61.9 cm³/mol. The Morgan fingerprint density at radius 3 is 3.12 bits per heavy atom. The van der Waals surface area contributed by atoms with Crippen LogP contribution in [0.4, 0.5) is 0 Å². The highest BCUT2D eigenvalue weighted by Gasteiger charge is 2.32. The number of amidine groups is 1. The SMILES string of the molecule is NC(=NO)C1CCCC1NC(=O)c1cnns1. The Labute approximate surface area is 102 Å². The molecular formula is C9H13N5O2S. The van der Waals surface area contributed by atoms with E-state index in [2.05, 4.69) is 20.1 Å². The Morgan fingerprint density at radius 2 is 2.47 bits per heavy atom. The lowest BCUT2D eigenvalue weighted by atomic mass is 10.0. The highest BCUT2D eigenvalue weighted by Crippen LogP contribution is 2.26. The van der Waals surface area contributed by atoms with E-state index in [1.807, 2.05) is 0 Å². The molecule has 0 spiro atoms. The maximum atomic E-state index is 11.8. The summed E-state index contributed by atoms with van der Waals surface area (Å²) in [6.45, 7) is 0. The maximum Gasteiger partial charge on any atom is 0.264 e. The Kier molecular flexibility index (Phi) is 3.52. The smallest absolute Gasteiger partial charge is 0.264 e. The van der Waals surface area contributed by atoms with Crippen molar-refractivity contribution in [3.05, 3.63) is 11.1 Å². The molecule has 0 bridgehead atoms. The lowest BCUT2D eigenvalue weighted by molar-refractivity contribution is 0.0937. The molecule has 1 heterocycles. The monoisotopic (exact) mass is 255 g/mol. The number of nitrogens with two attached hydrogens (primary N) is 1. The number of carbonyl (C=O) groups excluding carboxylic acids is 1. The van der Waals surface area contributed by atoms with E-state index in [4.69, 9.17) is 10.9 Å². The molecule has 2 unspecified atom stereocenters. The summed E-state index contributed by atoms with van der Waals surface area (Å²) in [6, 6.07) is -0.0829. The van der Waals surface area contributed by atoms with Gasteiger partial charge in [-0.1, -0.05) is 16.1 Å². The summed E-state index contributed by atoms with van der Waals surface area (Å²) in [4.78, 5) is 12.3. The van der Waals surface area contributed by atoms with E-state index in [9.17, 15) is 4.79 Å². The number of nitrogens with zero attached hydrogens (tertiary/aromatic N) is 3. The molecule has 1 saturated carbocycles. The van der Waals surface area contributed by atoms with Gasteiger partial charge >= 0.3 is 0 Å². The van der Waals surface area contributed by atoms with Gasteiger partial charge in [0, 0.05) is 12.0 Å². The van der Waals surface area contributed by atoms with Crippen molar-refractivity contribution < 1.29 is 10.0 Å². The van der Waals surface area contributed by atoms with Gasteiger partial charge in [-0.2, -0.15) is 0 Å². The van der Waals surface area contributed by atoms with Gasteiger partial charge in [0.2, 0.25) is 0 Å². The van der Waals surface area contributed by atoms with Gasteiger partial charge in [-0.05, 0) is 24.4 Å². The summed E-state index contributed by atoms with van der Waals surface area (Å²) in [5, 5.41) is 18.1. The van der Waals surface area contributed by atoms with E-state index in [1.165, 1.54) is 6.20 Å². The van der Waals surface area contributed by atoms with Crippen molar-refractivity contribution in [3.8, 4) is 0 Å². The molecule has 1 fully saturated rings. The van der Waals surface area contributed by atoms with Gasteiger partial charge in [-0.15, -0.1) is 5.10 Å². The summed E-state index contributed by atoms with van der Waals surface area (Å²) in [6.07, 6.45) is 4.03. The molecule has 17 heavy (non-hydrogen) atoms. The fourth-order valence-corrected chi connectivity index (χ4v) is 2.49. The van der Waals surface area contributed by atoms with Crippen LogP contribution in [0.2, 0.25) is 0 Å². The van der Waals surface area contributed by atoms with Crippen LogP contribution in [-0.4, -0.2) is 32.6 Å². The number of aromatic nitrogens is 2. The summed E-state index contributed by atoms with van der Waals surface area (Å²) in [5.41, 5.74) is 5.59. The molecule has 7 nitrogen and oxygen atoms in total. The zero-order valence-corrected chi connectivity index (χ0v) is 9.85. The molecule has 4 N–H and O–H groups in total. The van der Waals surface area contributed by atoms with E-state index in [0.29, 0.717) is 4.88 Å². The second-order valence-electron chi connectivity index (χ2n) is 3.92. The van der Waals surface area contributed by atoms with Crippen LogP contribution in [-0.2, 0) is 0 Å². The van der Waals surface area contributed by atoms with E-state index < -0.39 is 0 Å². The van der Waals surface area contributed by atoms with E-state index >= 15 is 0 Å². The second kappa shape index (κ2) is 5.09. The van der Waals surface area contributed by atoms with Gasteiger partial charge in [0.15, 0.2) is 0 Å². The van der Waals surface area contributed by atoms with Crippen molar-refractivity contribution in [3.63, 3.8) is 0 Å². The summed E-state index contributed by atoms with van der Waals surface area (Å²) in [7, 11) is 0. The number of amides is 1. The van der Waals surface area contributed by atoms with Crippen molar-refractivity contribution in [1.29, 1.82) is 0 Å². The normalized spacial score (nSPS) is 24.8. The predicted octanol–water partition coefficient (Wildman–Crippen LogP) is 0.183. The van der Waals surface area contributed by atoms with Crippen molar-refractivity contribution >= 4 is 23.3 Å². The van der Waals surface area contributed by atoms with Crippen LogP contribution < -0.4 is 11.1 Å².